The zero-order valence-corrected chi connectivity index (χ0v) is 14.7. The van der Waals surface area contributed by atoms with Crippen molar-refractivity contribution in [2.45, 2.75) is 24.2 Å². The highest BCUT2D eigenvalue weighted by atomic mass is 35.5. The number of rotatable bonds is 6. The molecule has 1 aromatic rings. The fraction of sp³-hybridized carbons (Fsp3) is 0.533. The molecular weight excluding hydrogens is 357 g/mol. The standard InChI is InChI=1S/C15H21ClFN3O3S/c16-13-10-12(2-3-14(13)17)24(22,23)20-8-4-11(5-9-20)15(21)19-7-1-6-18/h2-3,10-11H,1,4-9,18H2,(H,19,21). The van der Waals surface area contributed by atoms with Gasteiger partial charge in [0.05, 0.1) is 9.92 Å². The lowest BCUT2D eigenvalue weighted by molar-refractivity contribution is -0.126. The summed E-state index contributed by atoms with van der Waals surface area (Å²) in [5, 5.41) is 2.57. The first-order chi connectivity index (χ1) is 11.4. The number of carbonyl (C=O) groups is 1. The summed E-state index contributed by atoms with van der Waals surface area (Å²) in [6.45, 7) is 1.53. The number of hydrogen-bond donors (Lipinski definition) is 2. The molecule has 1 fully saturated rings. The number of hydrogen-bond acceptors (Lipinski definition) is 4. The summed E-state index contributed by atoms with van der Waals surface area (Å²) in [6, 6.07) is 3.34. The number of sulfonamides is 1. The van der Waals surface area contributed by atoms with Gasteiger partial charge in [-0.1, -0.05) is 11.6 Å². The summed E-state index contributed by atoms with van der Waals surface area (Å²) < 4.78 is 39.6. The SMILES string of the molecule is NCCCNC(=O)C1CCN(S(=O)(=O)c2ccc(F)c(Cl)c2)CC1. The highest BCUT2D eigenvalue weighted by Crippen LogP contribution is 2.26. The quantitative estimate of drug-likeness (QED) is 0.732. The Labute approximate surface area is 146 Å². The molecule has 1 amide bonds. The Kier molecular flexibility index (Phi) is 6.56. The van der Waals surface area contributed by atoms with E-state index in [1.54, 1.807) is 0 Å². The molecule has 9 heteroatoms. The van der Waals surface area contributed by atoms with Gasteiger partial charge in [0.25, 0.3) is 0 Å². The predicted molar refractivity (Wildman–Crippen MR) is 89.6 cm³/mol. The molecule has 0 spiro atoms. The van der Waals surface area contributed by atoms with Crippen molar-refractivity contribution >= 4 is 27.5 Å². The molecule has 0 saturated carbocycles. The van der Waals surface area contributed by atoms with Crippen LogP contribution in [0.1, 0.15) is 19.3 Å². The number of carbonyl (C=O) groups excluding carboxylic acids is 1. The summed E-state index contributed by atoms with van der Waals surface area (Å²) >= 11 is 5.66. The molecular formula is C15H21ClFN3O3S. The van der Waals surface area contributed by atoms with Crippen LogP contribution in [0.2, 0.25) is 5.02 Å². The third kappa shape index (κ3) is 4.44. The number of halogens is 2. The van der Waals surface area contributed by atoms with Crippen LogP contribution in [-0.2, 0) is 14.8 Å². The van der Waals surface area contributed by atoms with E-state index in [0.717, 1.165) is 12.1 Å². The zero-order valence-electron chi connectivity index (χ0n) is 13.2. The molecule has 1 heterocycles. The first kappa shape index (κ1) is 19.1. The van der Waals surface area contributed by atoms with Gasteiger partial charge in [-0.25, -0.2) is 12.8 Å². The number of amides is 1. The molecule has 1 saturated heterocycles. The van der Waals surface area contributed by atoms with E-state index in [1.165, 1.54) is 10.4 Å². The number of nitrogens with two attached hydrogens (primary N) is 1. The van der Waals surface area contributed by atoms with Gasteiger partial charge >= 0.3 is 0 Å². The second-order valence-electron chi connectivity index (χ2n) is 5.69. The fourth-order valence-corrected chi connectivity index (χ4v) is 4.34. The largest absolute Gasteiger partial charge is 0.356 e. The fourth-order valence-electron chi connectivity index (χ4n) is 2.60. The van der Waals surface area contributed by atoms with Crippen LogP contribution in [-0.4, -0.2) is 44.8 Å². The van der Waals surface area contributed by atoms with E-state index in [0.29, 0.717) is 32.4 Å². The van der Waals surface area contributed by atoms with Gasteiger partial charge in [-0.05, 0) is 44.0 Å². The number of nitrogens with zero attached hydrogens (tertiary/aromatic N) is 1. The molecule has 0 aromatic heterocycles. The molecule has 2 rings (SSSR count). The van der Waals surface area contributed by atoms with Crippen molar-refractivity contribution in [3.8, 4) is 0 Å². The van der Waals surface area contributed by atoms with Gasteiger partial charge in [0.1, 0.15) is 5.82 Å². The van der Waals surface area contributed by atoms with Crippen LogP contribution >= 0.6 is 11.6 Å². The molecule has 0 bridgehead atoms. The summed E-state index contributed by atoms with van der Waals surface area (Å²) in [4.78, 5) is 12.0. The van der Waals surface area contributed by atoms with Crippen molar-refractivity contribution in [1.82, 2.24) is 9.62 Å². The predicted octanol–water partition coefficient (Wildman–Crippen LogP) is 1.34. The maximum absolute atomic E-state index is 13.2. The van der Waals surface area contributed by atoms with E-state index >= 15 is 0 Å². The Balaban J connectivity index is 1.98. The van der Waals surface area contributed by atoms with Gasteiger partial charge in [-0.3, -0.25) is 4.79 Å². The van der Waals surface area contributed by atoms with Crippen molar-refractivity contribution in [1.29, 1.82) is 0 Å². The third-order valence-electron chi connectivity index (χ3n) is 4.03. The zero-order chi connectivity index (χ0) is 17.7. The van der Waals surface area contributed by atoms with E-state index in [9.17, 15) is 17.6 Å². The number of benzene rings is 1. The van der Waals surface area contributed by atoms with Gasteiger partial charge < -0.3 is 11.1 Å². The van der Waals surface area contributed by atoms with Crippen molar-refractivity contribution in [3.05, 3.63) is 29.0 Å². The van der Waals surface area contributed by atoms with Crippen LogP contribution in [0.4, 0.5) is 4.39 Å². The normalized spacial score (nSPS) is 17.0. The summed E-state index contributed by atoms with van der Waals surface area (Å²) in [7, 11) is -3.74. The Morgan fingerprint density at radius 1 is 1.38 bits per heavy atom. The molecule has 0 atom stereocenters. The molecule has 6 nitrogen and oxygen atoms in total. The maximum atomic E-state index is 13.2. The molecule has 3 N–H and O–H groups in total. The summed E-state index contributed by atoms with van der Waals surface area (Å²) in [5.74, 6) is -0.931. The van der Waals surface area contributed by atoms with Gasteiger partial charge in [-0.15, -0.1) is 0 Å². The minimum atomic E-state index is -3.74. The first-order valence-corrected chi connectivity index (χ1v) is 9.61. The lowest BCUT2D eigenvalue weighted by atomic mass is 9.97. The number of piperidine rings is 1. The first-order valence-electron chi connectivity index (χ1n) is 7.79. The van der Waals surface area contributed by atoms with Gasteiger partial charge in [0, 0.05) is 25.6 Å². The van der Waals surface area contributed by atoms with Crippen LogP contribution in [0.3, 0.4) is 0 Å². The second-order valence-corrected chi connectivity index (χ2v) is 8.03. The molecule has 1 aliphatic heterocycles. The monoisotopic (exact) mass is 377 g/mol. The van der Waals surface area contributed by atoms with Crippen LogP contribution in [0.5, 0.6) is 0 Å². The maximum Gasteiger partial charge on any atom is 0.243 e. The van der Waals surface area contributed by atoms with Crippen LogP contribution in [0.25, 0.3) is 0 Å². The topological polar surface area (TPSA) is 92.5 Å². The summed E-state index contributed by atoms with van der Waals surface area (Å²) in [6.07, 6.45) is 1.61. The molecule has 24 heavy (non-hydrogen) atoms. The Morgan fingerprint density at radius 2 is 2.04 bits per heavy atom. The average Bonchev–Trinajstić information content (AvgIpc) is 2.57. The highest BCUT2D eigenvalue weighted by Gasteiger charge is 2.32. The summed E-state index contributed by atoms with van der Waals surface area (Å²) in [5.41, 5.74) is 5.38. The molecule has 1 aromatic carbocycles. The van der Waals surface area contributed by atoms with Gasteiger partial charge in [0.2, 0.25) is 15.9 Å². The molecule has 0 aliphatic carbocycles. The van der Waals surface area contributed by atoms with Crippen molar-refractivity contribution < 1.29 is 17.6 Å². The van der Waals surface area contributed by atoms with E-state index in [4.69, 9.17) is 17.3 Å². The second kappa shape index (κ2) is 8.24. The molecule has 134 valence electrons. The molecule has 1 aliphatic rings. The van der Waals surface area contributed by atoms with E-state index < -0.39 is 15.8 Å². The van der Waals surface area contributed by atoms with E-state index in [2.05, 4.69) is 5.32 Å². The smallest absolute Gasteiger partial charge is 0.243 e. The van der Waals surface area contributed by atoms with Gasteiger partial charge in [0.15, 0.2) is 0 Å². The van der Waals surface area contributed by atoms with Crippen molar-refractivity contribution in [2.24, 2.45) is 11.7 Å². The lowest BCUT2D eigenvalue weighted by Gasteiger charge is -2.30. The van der Waals surface area contributed by atoms with E-state index in [-0.39, 0.29) is 34.8 Å². The van der Waals surface area contributed by atoms with Gasteiger partial charge in [-0.2, -0.15) is 4.31 Å². The Morgan fingerprint density at radius 3 is 2.62 bits per heavy atom. The third-order valence-corrected chi connectivity index (χ3v) is 6.22. The van der Waals surface area contributed by atoms with Crippen LogP contribution < -0.4 is 11.1 Å². The molecule has 0 unspecified atom stereocenters. The van der Waals surface area contributed by atoms with Crippen LogP contribution in [0, 0.1) is 11.7 Å². The molecule has 0 radical (unpaired) electrons. The Hall–Kier alpha value is -1.22. The minimum absolute atomic E-state index is 0.0419. The lowest BCUT2D eigenvalue weighted by Crippen LogP contribution is -2.43. The number of nitrogens with one attached hydrogen (secondary N) is 1. The highest BCUT2D eigenvalue weighted by molar-refractivity contribution is 7.89. The Bertz CT molecular complexity index is 691. The average molecular weight is 378 g/mol. The minimum Gasteiger partial charge on any atom is -0.356 e. The van der Waals surface area contributed by atoms with Crippen LogP contribution in [0.15, 0.2) is 23.1 Å². The van der Waals surface area contributed by atoms with Crippen molar-refractivity contribution in [2.75, 3.05) is 26.2 Å². The van der Waals surface area contributed by atoms with Crippen molar-refractivity contribution in [3.63, 3.8) is 0 Å². The van der Waals surface area contributed by atoms with E-state index in [1.807, 2.05) is 0 Å².